The number of hydrogen-bond donors (Lipinski definition) is 4. The van der Waals surface area contributed by atoms with Gasteiger partial charge in [-0.3, -0.25) is 19.2 Å². The molecule has 13 heteroatoms. The van der Waals surface area contributed by atoms with Crippen molar-refractivity contribution in [3.8, 4) is 0 Å². The number of hydrogen-bond acceptors (Lipinski definition) is 13. The average Bonchev–Trinajstić information content (AvgIpc) is 1.77. The van der Waals surface area contributed by atoms with Gasteiger partial charge in [-0.05, 0) is 77.0 Å². The Bertz CT molecular complexity index is 1610. The maximum Gasteiger partial charge on any atom is 0.306 e. The van der Waals surface area contributed by atoms with Crippen LogP contribution < -0.4 is 0 Å². The fraction of sp³-hybridized carbons (Fsp3) is 0.949. The predicted octanol–water partition coefficient (Wildman–Crippen LogP) is 20.6. The van der Waals surface area contributed by atoms with Crippen LogP contribution >= 0.6 is 0 Å². The third-order valence-electron chi connectivity index (χ3n) is 19.0. The second-order valence-corrected chi connectivity index (χ2v) is 28.0. The molecule has 0 radical (unpaired) electrons. The zero-order valence-corrected chi connectivity index (χ0v) is 59.9. The van der Waals surface area contributed by atoms with E-state index in [0.29, 0.717) is 25.7 Å². The van der Waals surface area contributed by atoms with Crippen molar-refractivity contribution in [2.45, 2.75) is 462 Å². The summed E-state index contributed by atoms with van der Waals surface area (Å²) in [6.07, 6.45) is 54.8. The van der Waals surface area contributed by atoms with Gasteiger partial charge in [-0.1, -0.05) is 310 Å². The summed E-state index contributed by atoms with van der Waals surface area (Å²) < 4.78 is 30.6. The lowest BCUT2D eigenvalue weighted by atomic mass is 10.0. The molecule has 0 spiro atoms. The molecule has 0 aliphatic carbocycles. The molecule has 0 aromatic heterocycles. The van der Waals surface area contributed by atoms with Gasteiger partial charge in [0.25, 0.3) is 0 Å². The molecule has 0 saturated carbocycles. The van der Waals surface area contributed by atoms with Crippen LogP contribution in [0.2, 0.25) is 0 Å². The van der Waals surface area contributed by atoms with Gasteiger partial charge in [0.15, 0.2) is 18.3 Å². The van der Waals surface area contributed by atoms with E-state index in [9.17, 15) is 39.6 Å². The molecule has 1 saturated heterocycles. The van der Waals surface area contributed by atoms with Crippen LogP contribution in [0.4, 0.5) is 0 Å². The molecule has 1 aliphatic rings. The minimum atomic E-state index is -1.08. The van der Waals surface area contributed by atoms with Crippen molar-refractivity contribution < 1.29 is 63.3 Å². The second kappa shape index (κ2) is 65.0. The number of esters is 4. The summed E-state index contributed by atoms with van der Waals surface area (Å²) in [6, 6.07) is 0. The summed E-state index contributed by atoms with van der Waals surface area (Å²) >= 11 is 0. The molecule has 538 valence electrons. The lowest BCUT2D eigenvalue weighted by Crippen LogP contribution is -2.47. The summed E-state index contributed by atoms with van der Waals surface area (Å²) in [4.78, 5) is 54.3. The molecule has 13 nitrogen and oxygen atoms in total. The van der Waals surface area contributed by atoms with Crippen molar-refractivity contribution in [3.63, 3.8) is 0 Å². The molecule has 0 aromatic rings. The summed E-state index contributed by atoms with van der Waals surface area (Å²) in [7, 11) is 0. The first-order valence-electron chi connectivity index (χ1n) is 39.5. The van der Waals surface area contributed by atoms with Gasteiger partial charge in [0, 0.05) is 25.7 Å². The Morgan fingerprint density at radius 3 is 0.857 bits per heavy atom. The van der Waals surface area contributed by atoms with Crippen molar-refractivity contribution in [1.29, 1.82) is 0 Å². The summed E-state index contributed by atoms with van der Waals surface area (Å²) in [5.74, 6) is -1.66. The highest BCUT2D eigenvalue weighted by atomic mass is 16.7. The SMILES string of the molecule is CCCCCCC(O)CCCCCCCCCCC(=O)OC[C@@H](OC(=O)CCCCCCCCCCC(O)CCCCCC)[C@H]1OC[C@H](OC(=O)CCCCCCCCCCC(O)CCCCCC)[C@H]1OC(=O)CCCCCCCCCCC(O)CCCCCC. The van der Waals surface area contributed by atoms with Gasteiger partial charge in [-0.15, -0.1) is 0 Å². The molecule has 1 heterocycles. The molecule has 4 unspecified atom stereocenters. The second-order valence-electron chi connectivity index (χ2n) is 28.0. The van der Waals surface area contributed by atoms with Gasteiger partial charge in [0.1, 0.15) is 12.7 Å². The van der Waals surface area contributed by atoms with E-state index in [1.165, 1.54) is 77.0 Å². The van der Waals surface area contributed by atoms with Crippen LogP contribution in [0.5, 0.6) is 0 Å². The number of aliphatic hydroxyl groups is 4. The summed E-state index contributed by atoms with van der Waals surface area (Å²) in [5, 5.41) is 41.3. The summed E-state index contributed by atoms with van der Waals surface area (Å²) in [6.45, 7) is 8.51. The van der Waals surface area contributed by atoms with Crippen molar-refractivity contribution in [2.75, 3.05) is 13.2 Å². The molecule has 91 heavy (non-hydrogen) atoms. The first-order valence-corrected chi connectivity index (χ1v) is 39.5. The number of ether oxygens (including phenoxy) is 5. The first kappa shape index (κ1) is 86.7. The molecule has 1 aliphatic heterocycles. The largest absolute Gasteiger partial charge is 0.462 e. The van der Waals surface area contributed by atoms with Gasteiger partial charge in [-0.2, -0.15) is 0 Å². The van der Waals surface area contributed by atoms with Crippen molar-refractivity contribution in [2.24, 2.45) is 0 Å². The van der Waals surface area contributed by atoms with Gasteiger partial charge in [-0.25, -0.2) is 0 Å². The number of carbonyl (C=O) groups is 4. The predicted molar refractivity (Wildman–Crippen MR) is 374 cm³/mol. The van der Waals surface area contributed by atoms with E-state index in [0.717, 1.165) is 257 Å². The van der Waals surface area contributed by atoms with E-state index >= 15 is 0 Å². The minimum Gasteiger partial charge on any atom is -0.462 e. The normalized spacial score (nSPS) is 16.6. The number of unbranched alkanes of at least 4 members (excludes halogenated alkanes) is 40. The Labute approximate surface area is 559 Å². The molecular weight excluding hydrogens is 1140 g/mol. The van der Waals surface area contributed by atoms with Gasteiger partial charge < -0.3 is 44.1 Å². The number of aliphatic hydroxyl groups excluding tert-OH is 4. The molecule has 0 bridgehead atoms. The van der Waals surface area contributed by atoms with Crippen LogP contribution in [0.25, 0.3) is 0 Å². The Morgan fingerprint density at radius 2 is 0.560 bits per heavy atom. The Morgan fingerprint density at radius 1 is 0.319 bits per heavy atom. The average molecular weight is 1290 g/mol. The molecule has 8 atom stereocenters. The van der Waals surface area contributed by atoms with Gasteiger partial charge in [0.05, 0.1) is 31.0 Å². The maximum atomic E-state index is 13.7. The monoisotopic (exact) mass is 1290 g/mol. The Kier molecular flexibility index (Phi) is 61.9. The third kappa shape index (κ3) is 55.5. The quantitative estimate of drug-likeness (QED) is 0.0255. The highest BCUT2D eigenvalue weighted by molar-refractivity contribution is 5.71. The van der Waals surface area contributed by atoms with Gasteiger partial charge >= 0.3 is 23.9 Å². The highest BCUT2D eigenvalue weighted by Crippen LogP contribution is 2.29. The zero-order chi connectivity index (χ0) is 66.3. The lowest BCUT2D eigenvalue weighted by molar-refractivity contribution is -0.179. The third-order valence-corrected chi connectivity index (χ3v) is 19.0. The maximum absolute atomic E-state index is 13.7. The molecule has 1 fully saturated rings. The van der Waals surface area contributed by atoms with Gasteiger partial charge in [0.2, 0.25) is 0 Å². The standard InChI is InChI=1S/C78H148O13/c1-5-9-13-41-53-67(79)57-45-33-25-17-21-29-37-49-61-73(83)87-65-71(89-74(84)62-50-38-30-22-18-26-34-46-58-68(80)54-42-14-10-6-2)77-78(91-76(86)64-52-40-32-24-20-28-36-48-60-70(82)56-44-16-12-8-4)72(66-88-77)90-75(85)63-51-39-31-23-19-27-35-47-59-69(81)55-43-15-11-7-3/h67-72,77-82H,5-66H2,1-4H3/t67?,68?,69?,70?,71-,72+,77-,78-/m1/s1. The highest BCUT2D eigenvalue weighted by Gasteiger charge is 2.48. The van der Waals surface area contributed by atoms with Crippen LogP contribution in [0.1, 0.15) is 413 Å². The number of rotatable bonds is 70. The van der Waals surface area contributed by atoms with Crippen LogP contribution in [0.15, 0.2) is 0 Å². The molecular formula is C78H148O13. The van der Waals surface area contributed by atoms with Crippen molar-refractivity contribution in [1.82, 2.24) is 0 Å². The van der Waals surface area contributed by atoms with Crippen molar-refractivity contribution in [3.05, 3.63) is 0 Å². The Hall–Kier alpha value is -2.32. The topological polar surface area (TPSA) is 195 Å². The molecule has 4 N–H and O–H groups in total. The molecule has 0 amide bonds. The smallest absolute Gasteiger partial charge is 0.306 e. The van der Waals surface area contributed by atoms with E-state index in [2.05, 4.69) is 27.7 Å². The molecule has 0 aromatic carbocycles. The van der Waals surface area contributed by atoms with E-state index in [1.54, 1.807) is 0 Å². The van der Waals surface area contributed by atoms with E-state index in [-0.39, 0.29) is 63.3 Å². The van der Waals surface area contributed by atoms with E-state index < -0.39 is 48.3 Å². The lowest BCUT2D eigenvalue weighted by Gasteiger charge is -2.28. The summed E-state index contributed by atoms with van der Waals surface area (Å²) in [5.41, 5.74) is 0. The fourth-order valence-corrected chi connectivity index (χ4v) is 12.9. The molecule has 1 rings (SSSR count). The van der Waals surface area contributed by atoms with Crippen LogP contribution in [-0.4, -0.2) is 106 Å². The van der Waals surface area contributed by atoms with Crippen LogP contribution in [-0.2, 0) is 42.9 Å². The minimum absolute atomic E-state index is 0.0507. The van der Waals surface area contributed by atoms with Crippen molar-refractivity contribution >= 4 is 23.9 Å². The Balaban J connectivity index is 2.91. The van der Waals surface area contributed by atoms with E-state index in [4.69, 9.17) is 23.7 Å². The van der Waals surface area contributed by atoms with Crippen LogP contribution in [0, 0.1) is 0 Å². The number of carbonyl (C=O) groups excluding carboxylic acids is 4. The van der Waals surface area contributed by atoms with E-state index in [1.807, 2.05) is 0 Å². The first-order chi connectivity index (χ1) is 44.4. The van der Waals surface area contributed by atoms with Crippen LogP contribution in [0.3, 0.4) is 0 Å². The fourth-order valence-electron chi connectivity index (χ4n) is 12.9. The zero-order valence-electron chi connectivity index (χ0n) is 59.9.